The average molecular weight is 311 g/mol. The van der Waals surface area contributed by atoms with Gasteiger partial charge < -0.3 is 5.11 Å². The number of hydrogen-bond acceptors (Lipinski definition) is 3. The average Bonchev–Trinajstić information content (AvgIpc) is 2.37. The predicted octanol–water partition coefficient (Wildman–Crippen LogP) is 2.73. The third kappa shape index (κ3) is 4.05. The third-order valence-corrected chi connectivity index (χ3v) is 5.85. The maximum Gasteiger partial charge on any atom is 0.240 e. The highest BCUT2D eigenvalue weighted by atomic mass is 32.2. The summed E-state index contributed by atoms with van der Waals surface area (Å²) in [4.78, 5) is 0.237. The lowest BCUT2D eigenvalue weighted by Gasteiger charge is -2.35. The summed E-state index contributed by atoms with van der Waals surface area (Å²) in [5, 5.41) is 9.28. The van der Waals surface area contributed by atoms with Crippen molar-refractivity contribution < 1.29 is 13.5 Å². The molecule has 1 atom stereocenters. The minimum absolute atomic E-state index is 0.00219. The summed E-state index contributed by atoms with van der Waals surface area (Å²) in [6.07, 6.45) is 3.95. The van der Waals surface area contributed by atoms with E-state index in [1.165, 1.54) is 0 Å². The Labute approximate surface area is 127 Å². The van der Waals surface area contributed by atoms with Crippen LogP contribution in [0, 0.1) is 12.3 Å². The Hall–Kier alpha value is -0.910. The molecule has 0 aliphatic heterocycles. The second-order valence-electron chi connectivity index (χ2n) is 6.83. The van der Waals surface area contributed by atoms with Crippen molar-refractivity contribution in [2.45, 2.75) is 64.0 Å². The molecular weight excluding hydrogens is 286 g/mol. The number of benzene rings is 1. The molecule has 2 rings (SSSR count). The summed E-state index contributed by atoms with van der Waals surface area (Å²) >= 11 is 0. The molecule has 118 valence electrons. The number of aliphatic hydroxyl groups excluding tert-OH is 1. The Kier molecular flexibility index (Phi) is 4.76. The van der Waals surface area contributed by atoms with E-state index >= 15 is 0 Å². The summed E-state index contributed by atoms with van der Waals surface area (Å²) < 4.78 is 27.8. The molecule has 4 nitrogen and oxygen atoms in total. The first-order valence-corrected chi connectivity index (χ1v) is 8.94. The molecule has 1 unspecified atom stereocenters. The van der Waals surface area contributed by atoms with E-state index in [1.54, 1.807) is 18.2 Å². The third-order valence-electron chi connectivity index (χ3n) is 4.33. The van der Waals surface area contributed by atoms with Gasteiger partial charge in [0.05, 0.1) is 11.5 Å². The van der Waals surface area contributed by atoms with Gasteiger partial charge in [-0.05, 0) is 54.9 Å². The van der Waals surface area contributed by atoms with Gasteiger partial charge in [0.1, 0.15) is 0 Å². The first kappa shape index (κ1) is 16.5. The molecule has 21 heavy (non-hydrogen) atoms. The fourth-order valence-electron chi connectivity index (χ4n) is 3.07. The SMILES string of the molecule is Cc1ccc(S(=O)(=O)NC2CCCC(C)(C)C2)cc1CO. The van der Waals surface area contributed by atoms with E-state index in [1.807, 2.05) is 6.92 Å². The van der Waals surface area contributed by atoms with Crippen molar-refractivity contribution in [1.82, 2.24) is 4.72 Å². The molecule has 1 aromatic rings. The zero-order valence-corrected chi connectivity index (χ0v) is 13.8. The highest BCUT2D eigenvalue weighted by Gasteiger charge is 2.30. The largest absolute Gasteiger partial charge is 0.392 e. The Morgan fingerprint density at radius 3 is 2.71 bits per heavy atom. The molecule has 0 radical (unpaired) electrons. The van der Waals surface area contributed by atoms with Crippen molar-refractivity contribution in [1.29, 1.82) is 0 Å². The Balaban J connectivity index is 2.18. The summed E-state index contributed by atoms with van der Waals surface area (Å²) in [5.41, 5.74) is 1.74. The van der Waals surface area contributed by atoms with Gasteiger partial charge in [-0.2, -0.15) is 0 Å². The van der Waals surface area contributed by atoms with Crippen molar-refractivity contribution in [3.8, 4) is 0 Å². The Morgan fingerprint density at radius 1 is 1.38 bits per heavy atom. The topological polar surface area (TPSA) is 66.4 Å². The summed E-state index contributed by atoms with van der Waals surface area (Å²) in [6.45, 7) is 6.08. The van der Waals surface area contributed by atoms with Crippen LogP contribution in [0.2, 0.25) is 0 Å². The highest BCUT2D eigenvalue weighted by Crippen LogP contribution is 2.35. The summed E-state index contributed by atoms with van der Waals surface area (Å²) in [5.74, 6) is 0. The molecule has 0 saturated heterocycles. The minimum Gasteiger partial charge on any atom is -0.392 e. The quantitative estimate of drug-likeness (QED) is 0.898. The Morgan fingerprint density at radius 2 is 2.10 bits per heavy atom. The molecule has 0 aromatic heterocycles. The Bertz CT molecular complexity index is 608. The molecule has 0 heterocycles. The molecule has 1 fully saturated rings. The van der Waals surface area contributed by atoms with E-state index in [-0.39, 0.29) is 23.0 Å². The van der Waals surface area contributed by atoms with Crippen LogP contribution in [0.4, 0.5) is 0 Å². The lowest BCUT2D eigenvalue weighted by atomic mass is 9.75. The molecule has 1 aromatic carbocycles. The first-order valence-electron chi connectivity index (χ1n) is 7.46. The smallest absolute Gasteiger partial charge is 0.240 e. The van der Waals surface area contributed by atoms with Crippen LogP contribution in [-0.4, -0.2) is 19.6 Å². The first-order chi connectivity index (χ1) is 9.73. The van der Waals surface area contributed by atoms with Crippen molar-refractivity contribution >= 4 is 10.0 Å². The van der Waals surface area contributed by atoms with Gasteiger partial charge in [-0.15, -0.1) is 0 Å². The van der Waals surface area contributed by atoms with E-state index in [0.717, 1.165) is 31.2 Å². The highest BCUT2D eigenvalue weighted by molar-refractivity contribution is 7.89. The second kappa shape index (κ2) is 6.07. The second-order valence-corrected chi connectivity index (χ2v) is 8.54. The number of rotatable bonds is 4. The van der Waals surface area contributed by atoms with Crippen LogP contribution >= 0.6 is 0 Å². The van der Waals surface area contributed by atoms with Crippen LogP contribution in [0.1, 0.15) is 50.7 Å². The van der Waals surface area contributed by atoms with E-state index in [2.05, 4.69) is 18.6 Å². The van der Waals surface area contributed by atoms with Gasteiger partial charge in [0.25, 0.3) is 0 Å². The molecule has 1 saturated carbocycles. The zero-order chi connectivity index (χ0) is 15.7. The molecule has 2 N–H and O–H groups in total. The molecule has 5 heteroatoms. The van der Waals surface area contributed by atoms with Gasteiger partial charge in [0, 0.05) is 6.04 Å². The van der Waals surface area contributed by atoms with Gasteiger partial charge >= 0.3 is 0 Å². The maximum absolute atomic E-state index is 12.5. The summed E-state index contributed by atoms with van der Waals surface area (Å²) in [6, 6.07) is 4.90. The summed E-state index contributed by atoms with van der Waals surface area (Å²) in [7, 11) is -3.52. The van der Waals surface area contributed by atoms with Crippen LogP contribution in [0.15, 0.2) is 23.1 Å². The number of hydrogen-bond donors (Lipinski definition) is 2. The molecule has 1 aliphatic carbocycles. The normalized spacial score (nSPS) is 22.2. The maximum atomic E-state index is 12.5. The molecule has 0 amide bonds. The molecular formula is C16H25NO3S. The van der Waals surface area contributed by atoms with E-state index in [0.29, 0.717) is 5.56 Å². The van der Waals surface area contributed by atoms with Crippen LogP contribution in [-0.2, 0) is 16.6 Å². The van der Waals surface area contributed by atoms with E-state index < -0.39 is 10.0 Å². The minimum atomic E-state index is -3.52. The lowest BCUT2D eigenvalue weighted by molar-refractivity contribution is 0.212. The van der Waals surface area contributed by atoms with E-state index in [4.69, 9.17) is 0 Å². The van der Waals surface area contributed by atoms with Crippen LogP contribution < -0.4 is 4.72 Å². The molecule has 0 spiro atoms. The fraction of sp³-hybridized carbons (Fsp3) is 0.625. The lowest BCUT2D eigenvalue weighted by Crippen LogP contribution is -2.40. The van der Waals surface area contributed by atoms with Crippen LogP contribution in [0.3, 0.4) is 0 Å². The standard InChI is InChI=1S/C16H25NO3S/c1-12-6-7-15(9-13(12)11-18)21(19,20)17-14-5-4-8-16(2,3)10-14/h6-7,9,14,17-18H,4-5,8,10-11H2,1-3H3. The van der Waals surface area contributed by atoms with E-state index in [9.17, 15) is 13.5 Å². The van der Waals surface area contributed by atoms with Gasteiger partial charge in [-0.3, -0.25) is 0 Å². The zero-order valence-electron chi connectivity index (χ0n) is 13.0. The monoisotopic (exact) mass is 311 g/mol. The number of aliphatic hydroxyl groups is 1. The molecule has 1 aliphatic rings. The number of nitrogens with one attached hydrogen (secondary N) is 1. The van der Waals surface area contributed by atoms with Gasteiger partial charge in [0.2, 0.25) is 10.0 Å². The van der Waals surface area contributed by atoms with Gasteiger partial charge in [-0.1, -0.05) is 26.3 Å². The molecule has 0 bridgehead atoms. The van der Waals surface area contributed by atoms with Gasteiger partial charge in [0.15, 0.2) is 0 Å². The van der Waals surface area contributed by atoms with Crippen molar-refractivity contribution in [3.05, 3.63) is 29.3 Å². The number of aryl methyl sites for hydroxylation is 1. The van der Waals surface area contributed by atoms with Crippen LogP contribution in [0.5, 0.6) is 0 Å². The fourth-order valence-corrected chi connectivity index (χ4v) is 4.39. The number of sulfonamides is 1. The van der Waals surface area contributed by atoms with Crippen molar-refractivity contribution in [2.75, 3.05) is 0 Å². The van der Waals surface area contributed by atoms with Crippen molar-refractivity contribution in [3.63, 3.8) is 0 Å². The van der Waals surface area contributed by atoms with Crippen molar-refractivity contribution in [2.24, 2.45) is 5.41 Å². The predicted molar refractivity (Wildman–Crippen MR) is 83.5 cm³/mol. The van der Waals surface area contributed by atoms with Crippen LogP contribution in [0.25, 0.3) is 0 Å². The van der Waals surface area contributed by atoms with Gasteiger partial charge in [-0.25, -0.2) is 13.1 Å².